The van der Waals surface area contributed by atoms with Crippen molar-refractivity contribution in [2.24, 2.45) is 0 Å². The minimum Gasteiger partial charge on any atom is -0.495 e. The molecule has 0 aliphatic carbocycles. The van der Waals surface area contributed by atoms with Crippen molar-refractivity contribution in [3.63, 3.8) is 0 Å². The summed E-state index contributed by atoms with van der Waals surface area (Å²) in [5, 5.41) is 0. The van der Waals surface area contributed by atoms with Crippen LogP contribution >= 0.6 is 0 Å². The standard InChI is InChI=1S/C14H22BNO5S/c1-13(2)14(3,4)21-15(20-13)10-7-8-11(19-6)12(9-10)22(17,18)16-5/h7-9,16H,1-6H3. The van der Waals surface area contributed by atoms with Gasteiger partial charge in [0.1, 0.15) is 10.6 Å². The van der Waals surface area contributed by atoms with Gasteiger partial charge < -0.3 is 14.0 Å². The van der Waals surface area contributed by atoms with Crippen LogP contribution in [0, 0.1) is 0 Å². The Hall–Kier alpha value is -1.09. The predicted molar refractivity (Wildman–Crippen MR) is 85.0 cm³/mol. The third kappa shape index (κ3) is 2.88. The Morgan fingerprint density at radius 3 is 2.14 bits per heavy atom. The first kappa shape index (κ1) is 17.3. The van der Waals surface area contributed by atoms with Gasteiger partial charge in [-0.05, 0) is 52.3 Å². The van der Waals surface area contributed by atoms with Crippen LogP contribution in [-0.2, 0) is 19.3 Å². The first-order chi connectivity index (χ1) is 10.0. The van der Waals surface area contributed by atoms with Crippen molar-refractivity contribution in [2.75, 3.05) is 14.2 Å². The summed E-state index contributed by atoms with van der Waals surface area (Å²) in [4.78, 5) is 0.0599. The van der Waals surface area contributed by atoms with E-state index >= 15 is 0 Å². The van der Waals surface area contributed by atoms with Gasteiger partial charge in [-0.3, -0.25) is 0 Å². The monoisotopic (exact) mass is 327 g/mol. The lowest BCUT2D eigenvalue weighted by Gasteiger charge is -2.32. The highest BCUT2D eigenvalue weighted by molar-refractivity contribution is 7.89. The number of rotatable bonds is 4. The van der Waals surface area contributed by atoms with E-state index in [4.69, 9.17) is 14.0 Å². The Bertz CT molecular complexity index is 656. The molecule has 0 bridgehead atoms. The Balaban J connectivity index is 2.45. The van der Waals surface area contributed by atoms with Crippen LogP contribution in [0.5, 0.6) is 5.75 Å². The van der Waals surface area contributed by atoms with Crippen molar-refractivity contribution < 1.29 is 22.5 Å². The van der Waals surface area contributed by atoms with E-state index in [2.05, 4.69) is 4.72 Å². The Kier molecular flexibility index (Phi) is 4.34. The largest absolute Gasteiger partial charge is 0.495 e. The second-order valence-corrected chi connectivity index (χ2v) is 8.06. The average Bonchev–Trinajstić information content (AvgIpc) is 2.66. The second kappa shape index (κ2) is 5.52. The normalized spacial score (nSPS) is 20.2. The molecule has 1 aromatic rings. The van der Waals surface area contributed by atoms with E-state index < -0.39 is 28.3 Å². The van der Waals surface area contributed by atoms with Crippen LogP contribution in [-0.4, -0.2) is 40.9 Å². The molecule has 8 heteroatoms. The molecular formula is C14H22BNO5S. The van der Waals surface area contributed by atoms with Crippen LogP contribution in [0.15, 0.2) is 23.1 Å². The lowest BCUT2D eigenvalue weighted by Crippen LogP contribution is -2.41. The van der Waals surface area contributed by atoms with Crippen molar-refractivity contribution in [2.45, 2.75) is 43.8 Å². The molecule has 1 aliphatic heterocycles. The molecule has 0 aromatic heterocycles. The topological polar surface area (TPSA) is 73.9 Å². The molecule has 1 aromatic carbocycles. The summed E-state index contributed by atoms with van der Waals surface area (Å²) in [5.41, 5.74) is -0.340. The lowest BCUT2D eigenvalue weighted by molar-refractivity contribution is 0.00578. The van der Waals surface area contributed by atoms with Crippen molar-refractivity contribution in [3.8, 4) is 5.75 Å². The first-order valence-corrected chi connectivity index (χ1v) is 8.49. The number of nitrogens with one attached hydrogen (secondary N) is 1. The molecule has 22 heavy (non-hydrogen) atoms. The lowest BCUT2D eigenvalue weighted by atomic mass is 9.79. The van der Waals surface area contributed by atoms with Crippen LogP contribution in [0.2, 0.25) is 0 Å². The van der Waals surface area contributed by atoms with Crippen molar-refractivity contribution in [1.29, 1.82) is 0 Å². The zero-order valence-electron chi connectivity index (χ0n) is 13.8. The second-order valence-electron chi connectivity index (χ2n) is 6.21. The predicted octanol–water partition coefficient (Wildman–Crippen LogP) is 0.902. The van der Waals surface area contributed by atoms with E-state index in [1.165, 1.54) is 20.2 Å². The number of benzene rings is 1. The molecule has 0 atom stereocenters. The summed E-state index contributed by atoms with van der Waals surface area (Å²) < 4.78 is 43.6. The van der Waals surface area contributed by atoms with Gasteiger partial charge in [-0.2, -0.15) is 0 Å². The van der Waals surface area contributed by atoms with Gasteiger partial charge in [0.2, 0.25) is 10.0 Å². The fraction of sp³-hybridized carbons (Fsp3) is 0.571. The Morgan fingerprint density at radius 1 is 1.14 bits per heavy atom. The SMILES string of the molecule is CNS(=O)(=O)c1cc(B2OC(C)(C)C(C)(C)O2)ccc1OC. The van der Waals surface area contributed by atoms with E-state index in [0.29, 0.717) is 5.46 Å². The zero-order chi connectivity index (χ0) is 16.8. The quantitative estimate of drug-likeness (QED) is 0.832. The van der Waals surface area contributed by atoms with Crippen molar-refractivity contribution in [1.82, 2.24) is 4.72 Å². The van der Waals surface area contributed by atoms with E-state index in [0.717, 1.165) is 0 Å². The van der Waals surface area contributed by atoms with Gasteiger partial charge in [0.15, 0.2) is 0 Å². The fourth-order valence-electron chi connectivity index (χ4n) is 2.14. The number of ether oxygens (including phenoxy) is 1. The first-order valence-electron chi connectivity index (χ1n) is 7.01. The van der Waals surface area contributed by atoms with Crippen LogP contribution < -0.4 is 14.9 Å². The van der Waals surface area contributed by atoms with E-state index in [1.54, 1.807) is 12.1 Å². The molecule has 6 nitrogen and oxygen atoms in total. The van der Waals surface area contributed by atoms with Crippen LogP contribution in [0.4, 0.5) is 0 Å². The maximum Gasteiger partial charge on any atom is 0.494 e. The number of sulfonamides is 1. The molecule has 122 valence electrons. The van der Waals surface area contributed by atoms with E-state index in [9.17, 15) is 8.42 Å². The number of hydrogen-bond acceptors (Lipinski definition) is 5. The summed E-state index contributed by atoms with van der Waals surface area (Å²) in [6.07, 6.45) is 0. The highest BCUT2D eigenvalue weighted by atomic mass is 32.2. The fourth-order valence-corrected chi connectivity index (χ4v) is 3.07. The third-order valence-corrected chi connectivity index (χ3v) is 5.71. The van der Waals surface area contributed by atoms with Crippen molar-refractivity contribution in [3.05, 3.63) is 18.2 Å². The Morgan fingerprint density at radius 2 is 1.68 bits per heavy atom. The average molecular weight is 327 g/mol. The van der Waals surface area contributed by atoms with Gasteiger partial charge in [-0.1, -0.05) is 6.07 Å². The zero-order valence-corrected chi connectivity index (χ0v) is 14.6. The smallest absolute Gasteiger partial charge is 0.494 e. The third-order valence-electron chi connectivity index (χ3n) is 4.27. The maximum atomic E-state index is 12.1. The molecule has 2 rings (SSSR count). The molecule has 1 saturated heterocycles. The summed E-state index contributed by atoms with van der Waals surface area (Å²) in [5.74, 6) is 0.273. The van der Waals surface area contributed by atoms with E-state index in [1.807, 2.05) is 27.7 Å². The summed E-state index contributed by atoms with van der Waals surface area (Å²) in [6.45, 7) is 7.78. The molecule has 1 aliphatic rings. The molecule has 1 fully saturated rings. The van der Waals surface area contributed by atoms with Gasteiger partial charge in [0.25, 0.3) is 0 Å². The maximum absolute atomic E-state index is 12.1. The van der Waals surface area contributed by atoms with Crippen LogP contribution in [0.3, 0.4) is 0 Å². The molecule has 0 saturated carbocycles. The van der Waals surface area contributed by atoms with E-state index in [-0.39, 0.29) is 10.6 Å². The highest BCUT2D eigenvalue weighted by Gasteiger charge is 2.51. The molecular weight excluding hydrogens is 305 g/mol. The van der Waals surface area contributed by atoms with Crippen LogP contribution in [0.25, 0.3) is 0 Å². The molecule has 1 N–H and O–H groups in total. The minimum absolute atomic E-state index is 0.0599. The molecule has 0 spiro atoms. The van der Waals surface area contributed by atoms with Gasteiger partial charge >= 0.3 is 7.12 Å². The summed E-state index contributed by atoms with van der Waals surface area (Å²) in [6, 6.07) is 4.87. The van der Waals surface area contributed by atoms with Gasteiger partial charge in [0, 0.05) is 0 Å². The van der Waals surface area contributed by atoms with Gasteiger partial charge in [-0.25, -0.2) is 13.1 Å². The molecule has 0 radical (unpaired) electrons. The van der Waals surface area contributed by atoms with Gasteiger partial charge in [-0.15, -0.1) is 0 Å². The molecule has 0 amide bonds. The summed E-state index contributed by atoms with van der Waals surface area (Å²) in [7, 11) is -1.47. The molecule has 1 heterocycles. The molecule has 0 unspecified atom stereocenters. The van der Waals surface area contributed by atoms with Crippen molar-refractivity contribution >= 4 is 22.6 Å². The minimum atomic E-state index is -3.64. The van der Waals surface area contributed by atoms with Gasteiger partial charge in [0.05, 0.1) is 18.3 Å². The number of methoxy groups -OCH3 is 1. The summed E-state index contributed by atoms with van der Waals surface area (Å²) >= 11 is 0. The number of hydrogen-bond donors (Lipinski definition) is 1. The Labute approximate surface area is 132 Å². The highest BCUT2D eigenvalue weighted by Crippen LogP contribution is 2.36. The van der Waals surface area contributed by atoms with Crippen LogP contribution in [0.1, 0.15) is 27.7 Å².